The molecule has 1 N–H and O–H groups in total. The maximum Gasteiger partial charge on any atom is 0.138 e. The van der Waals surface area contributed by atoms with E-state index in [1.165, 1.54) is 24.8 Å². The lowest BCUT2D eigenvalue weighted by Gasteiger charge is -2.26. The number of benzene rings is 1. The van der Waals surface area contributed by atoms with Gasteiger partial charge in [0.05, 0.1) is 18.2 Å². The van der Waals surface area contributed by atoms with Crippen LogP contribution in [0.3, 0.4) is 0 Å². The Kier molecular flexibility index (Phi) is 5.03. The highest BCUT2D eigenvalue weighted by Gasteiger charge is 2.19. The molecular weight excluding hydrogens is 294 g/mol. The summed E-state index contributed by atoms with van der Waals surface area (Å²) in [6, 6.07) is 4.22. The standard InChI is InChI=1S/C14H20BrNO2/c1-10-6-12(8-16-17-2)14(13(15)7-10)18-9-11-4-3-5-11/h6-7,11,16H,3-5,8-9H2,1-2H3. The van der Waals surface area contributed by atoms with Crippen LogP contribution in [-0.2, 0) is 11.4 Å². The molecule has 0 atom stereocenters. The van der Waals surface area contributed by atoms with Gasteiger partial charge in [-0.15, -0.1) is 0 Å². The van der Waals surface area contributed by atoms with E-state index in [0.717, 1.165) is 28.3 Å². The van der Waals surface area contributed by atoms with E-state index < -0.39 is 0 Å². The van der Waals surface area contributed by atoms with Crippen molar-refractivity contribution >= 4 is 15.9 Å². The van der Waals surface area contributed by atoms with Gasteiger partial charge in [-0.2, -0.15) is 5.48 Å². The number of ether oxygens (including phenoxy) is 1. The number of nitrogens with one attached hydrogen (secondary N) is 1. The second kappa shape index (κ2) is 6.55. The molecule has 0 saturated heterocycles. The van der Waals surface area contributed by atoms with Gasteiger partial charge in [-0.3, -0.25) is 0 Å². The summed E-state index contributed by atoms with van der Waals surface area (Å²) in [5.74, 6) is 1.68. The van der Waals surface area contributed by atoms with Gasteiger partial charge in [-0.1, -0.05) is 12.5 Å². The van der Waals surface area contributed by atoms with Crippen LogP contribution in [0, 0.1) is 12.8 Å². The third-order valence-corrected chi connectivity index (χ3v) is 3.95. The predicted octanol–water partition coefficient (Wildman–Crippen LogP) is 3.59. The third-order valence-electron chi connectivity index (χ3n) is 3.36. The van der Waals surface area contributed by atoms with Gasteiger partial charge >= 0.3 is 0 Å². The minimum Gasteiger partial charge on any atom is -0.492 e. The highest BCUT2D eigenvalue weighted by Crippen LogP contribution is 2.33. The summed E-state index contributed by atoms with van der Waals surface area (Å²) in [6.45, 7) is 3.55. The Morgan fingerprint density at radius 1 is 1.39 bits per heavy atom. The number of hydrogen-bond acceptors (Lipinski definition) is 3. The normalized spacial score (nSPS) is 15.5. The summed E-state index contributed by atoms with van der Waals surface area (Å²) in [5.41, 5.74) is 5.22. The van der Waals surface area contributed by atoms with Crippen molar-refractivity contribution in [1.29, 1.82) is 0 Å². The Labute approximate surface area is 117 Å². The highest BCUT2D eigenvalue weighted by atomic mass is 79.9. The smallest absolute Gasteiger partial charge is 0.138 e. The minimum absolute atomic E-state index is 0.650. The fraction of sp³-hybridized carbons (Fsp3) is 0.571. The molecule has 1 fully saturated rings. The van der Waals surface area contributed by atoms with Crippen molar-refractivity contribution in [2.75, 3.05) is 13.7 Å². The molecule has 3 nitrogen and oxygen atoms in total. The van der Waals surface area contributed by atoms with Crippen molar-refractivity contribution in [3.8, 4) is 5.75 Å². The van der Waals surface area contributed by atoms with Gasteiger partial charge in [0.1, 0.15) is 5.75 Å². The summed E-state index contributed by atoms with van der Waals surface area (Å²) < 4.78 is 7.00. The predicted molar refractivity (Wildman–Crippen MR) is 75.6 cm³/mol. The molecule has 0 heterocycles. The van der Waals surface area contributed by atoms with Gasteiger partial charge in [0.25, 0.3) is 0 Å². The van der Waals surface area contributed by atoms with Crippen LogP contribution in [0.25, 0.3) is 0 Å². The average Bonchev–Trinajstić information content (AvgIpc) is 2.26. The lowest BCUT2D eigenvalue weighted by molar-refractivity contribution is 0.0854. The molecule has 4 heteroatoms. The first kappa shape index (κ1) is 13.8. The Bertz CT molecular complexity index is 405. The van der Waals surface area contributed by atoms with Crippen LogP contribution in [0.4, 0.5) is 0 Å². The largest absolute Gasteiger partial charge is 0.492 e. The van der Waals surface area contributed by atoms with Crippen LogP contribution in [0.15, 0.2) is 16.6 Å². The quantitative estimate of drug-likeness (QED) is 0.814. The van der Waals surface area contributed by atoms with Crippen LogP contribution in [-0.4, -0.2) is 13.7 Å². The van der Waals surface area contributed by atoms with Gasteiger partial charge in [-0.25, -0.2) is 0 Å². The van der Waals surface area contributed by atoms with Gasteiger partial charge in [0, 0.05) is 12.1 Å². The topological polar surface area (TPSA) is 30.5 Å². The molecule has 0 aliphatic heterocycles. The molecule has 0 unspecified atom stereocenters. The molecule has 0 spiro atoms. The first-order chi connectivity index (χ1) is 8.70. The Balaban J connectivity index is 2.08. The second-order valence-electron chi connectivity index (χ2n) is 4.87. The van der Waals surface area contributed by atoms with Crippen LogP contribution in [0.1, 0.15) is 30.4 Å². The zero-order valence-corrected chi connectivity index (χ0v) is 12.5. The monoisotopic (exact) mass is 313 g/mol. The lowest BCUT2D eigenvalue weighted by Crippen LogP contribution is -2.20. The van der Waals surface area contributed by atoms with Gasteiger partial charge in [-0.05, 0) is 53.2 Å². The molecule has 2 rings (SSSR count). The molecule has 0 aromatic heterocycles. The first-order valence-electron chi connectivity index (χ1n) is 6.38. The Hall–Kier alpha value is -0.580. The molecule has 1 saturated carbocycles. The van der Waals surface area contributed by atoms with Gasteiger partial charge in [0.15, 0.2) is 0 Å². The van der Waals surface area contributed by atoms with Gasteiger partial charge < -0.3 is 9.57 Å². The van der Waals surface area contributed by atoms with Crippen molar-refractivity contribution in [1.82, 2.24) is 5.48 Å². The fourth-order valence-electron chi connectivity index (χ4n) is 2.10. The van der Waals surface area contributed by atoms with Gasteiger partial charge in [0.2, 0.25) is 0 Å². The van der Waals surface area contributed by atoms with Crippen molar-refractivity contribution in [2.45, 2.75) is 32.7 Å². The summed E-state index contributed by atoms with van der Waals surface area (Å²) in [5, 5.41) is 0. The second-order valence-corrected chi connectivity index (χ2v) is 5.72. The van der Waals surface area contributed by atoms with E-state index in [-0.39, 0.29) is 0 Å². The SMILES string of the molecule is CONCc1cc(C)cc(Br)c1OCC1CCC1. The fourth-order valence-corrected chi connectivity index (χ4v) is 2.83. The van der Waals surface area contributed by atoms with E-state index in [0.29, 0.717) is 6.54 Å². The van der Waals surface area contributed by atoms with Crippen LogP contribution in [0.5, 0.6) is 5.75 Å². The molecular formula is C14H20BrNO2. The molecule has 1 aliphatic carbocycles. The molecule has 18 heavy (non-hydrogen) atoms. The first-order valence-corrected chi connectivity index (χ1v) is 7.17. The van der Waals surface area contributed by atoms with E-state index in [4.69, 9.17) is 9.57 Å². The molecule has 100 valence electrons. The number of hydroxylamine groups is 1. The van der Waals surface area contributed by atoms with Crippen LogP contribution < -0.4 is 10.2 Å². The zero-order chi connectivity index (χ0) is 13.0. The van der Waals surface area contributed by atoms with Crippen LogP contribution in [0.2, 0.25) is 0 Å². The Morgan fingerprint density at radius 3 is 2.78 bits per heavy atom. The molecule has 1 aromatic carbocycles. The lowest BCUT2D eigenvalue weighted by atomic mass is 9.86. The maximum absolute atomic E-state index is 5.98. The summed E-state index contributed by atoms with van der Waals surface area (Å²) >= 11 is 3.59. The Morgan fingerprint density at radius 2 is 2.17 bits per heavy atom. The minimum atomic E-state index is 0.650. The van der Waals surface area contributed by atoms with Crippen molar-refractivity contribution < 1.29 is 9.57 Å². The average molecular weight is 314 g/mol. The van der Waals surface area contributed by atoms with Crippen LogP contribution >= 0.6 is 15.9 Å². The number of rotatable bonds is 6. The van der Waals surface area contributed by atoms with E-state index in [9.17, 15) is 0 Å². The number of aryl methyl sites for hydroxylation is 1. The molecule has 0 radical (unpaired) electrons. The molecule has 0 bridgehead atoms. The third kappa shape index (κ3) is 3.46. The number of halogens is 1. The zero-order valence-electron chi connectivity index (χ0n) is 11.0. The van der Waals surface area contributed by atoms with E-state index >= 15 is 0 Å². The van der Waals surface area contributed by atoms with Crippen molar-refractivity contribution in [2.24, 2.45) is 5.92 Å². The number of hydrogen-bond donors (Lipinski definition) is 1. The van der Waals surface area contributed by atoms with E-state index in [1.807, 2.05) is 0 Å². The van der Waals surface area contributed by atoms with Crippen molar-refractivity contribution in [3.05, 3.63) is 27.7 Å². The van der Waals surface area contributed by atoms with Crippen molar-refractivity contribution in [3.63, 3.8) is 0 Å². The molecule has 0 amide bonds. The summed E-state index contributed by atoms with van der Waals surface area (Å²) in [4.78, 5) is 4.92. The highest BCUT2D eigenvalue weighted by molar-refractivity contribution is 9.10. The summed E-state index contributed by atoms with van der Waals surface area (Å²) in [6.07, 6.45) is 3.95. The summed E-state index contributed by atoms with van der Waals surface area (Å²) in [7, 11) is 1.62. The molecule has 1 aliphatic rings. The van der Waals surface area contributed by atoms with E-state index in [1.54, 1.807) is 7.11 Å². The maximum atomic E-state index is 5.98. The molecule has 1 aromatic rings. The van der Waals surface area contributed by atoms with E-state index in [2.05, 4.69) is 40.5 Å².